The lowest BCUT2D eigenvalue weighted by molar-refractivity contribution is -0.116. The number of carbonyl (C=O) groups excluding carboxylic acids is 1. The summed E-state index contributed by atoms with van der Waals surface area (Å²) in [5.41, 5.74) is 1.70. The summed E-state index contributed by atoms with van der Waals surface area (Å²) in [6, 6.07) is 12.0. The molecule has 0 spiro atoms. The number of amides is 1. The summed E-state index contributed by atoms with van der Waals surface area (Å²) in [7, 11) is 1.88. The smallest absolute Gasteiger partial charge is 0.227 e. The number of anilines is 1. The van der Waals surface area contributed by atoms with Gasteiger partial charge in [-0.1, -0.05) is 18.2 Å². The average molecular weight is 371 g/mol. The van der Waals surface area contributed by atoms with E-state index in [0.717, 1.165) is 11.3 Å². The van der Waals surface area contributed by atoms with Crippen LogP contribution in [0.2, 0.25) is 0 Å². The van der Waals surface area contributed by atoms with Gasteiger partial charge in [0, 0.05) is 32.3 Å². The van der Waals surface area contributed by atoms with Crippen LogP contribution >= 0.6 is 0 Å². The number of nitrogens with one attached hydrogen (secondary N) is 2. The van der Waals surface area contributed by atoms with Gasteiger partial charge >= 0.3 is 0 Å². The number of pyridine rings is 1. The molecule has 0 saturated carbocycles. The lowest BCUT2D eigenvalue weighted by Crippen LogP contribution is -2.38. The maximum atomic E-state index is 13.3. The van der Waals surface area contributed by atoms with E-state index in [0.29, 0.717) is 31.4 Å². The third-order valence-corrected chi connectivity index (χ3v) is 3.76. The standard InChI is InChI=1S/C20H26FN5O/c1-4-22-20(26(3)14-16-8-6-9-17(21)13-16)23-12-11-19(27)25-18-10-5-7-15(2)24-18/h5-10,13H,4,11-12,14H2,1-3H3,(H,22,23)(H,24,25,27). The number of hydrogen-bond acceptors (Lipinski definition) is 3. The molecule has 0 saturated heterocycles. The molecule has 0 atom stereocenters. The topological polar surface area (TPSA) is 69.6 Å². The summed E-state index contributed by atoms with van der Waals surface area (Å²) in [5, 5.41) is 5.96. The Kier molecular flexibility index (Phi) is 7.73. The van der Waals surface area contributed by atoms with Gasteiger partial charge < -0.3 is 15.5 Å². The van der Waals surface area contributed by atoms with Gasteiger partial charge in [0.25, 0.3) is 0 Å². The first-order valence-electron chi connectivity index (χ1n) is 8.95. The van der Waals surface area contributed by atoms with Crippen molar-refractivity contribution < 1.29 is 9.18 Å². The first-order chi connectivity index (χ1) is 13.0. The highest BCUT2D eigenvalue weighted by molar-refractivity contribution is 5.90. The van der Waals surface area contributed by atoms with Gasteiger partial charge in [0.2, 0.25) is 5.91 Å². The highest BCUT2D eigenvalue weighted by atomic mass is 19.1. The normalized spacial score (nSPS) is 11.2. The van der Waals surface area contributed by atoms with Crippen LogP contribution in [0.25, 0.3) is 0 Å². The van der Waals surface area contributed by atoms with Crippen LogP contribution in [0.4, 0.5) is 10.2 Å². The number of rotatable bonds is 7. The molecule has 0 unspecified atom stereocenters. The van der Waals surface area contributed by atoms with Gasteiger partial charge in [-0.05, 0) is 43.7 Å². The number of halogens is 1. The molecule has 1 aromatic heterocycles. The van der Waals surface area contributed by atoms with Crippen molar-refractivity contribution in [3.05, 3.63) is 59.5 Å². The van der Waals surface area contributed by atoms with Crippen molar-refractivity contribution in [1.82, 2.24) is 15.2 Å². The number of carbonyl (C=O) groups is 1. The van der Waals surface area contributed by atoms with Crippen LogP contribution in [0.3, 0.4) is 0 Å². The second-order valence-electron chi connectivity index (χ2n) is 6.18. The molecule has 0 aliphatic heterocycles. The van der Waals surface area contributed by atoms with E-state index in [4.69, 9.17) is 0 Å². The monoisotopic (exact) mass is 371 g/mol. The molecule has 1 amide bonds. The minimum absolute atomic E-state index is 0.138. The van der Waals surface area contributed by atoms with Gasteiger partial charge in [-0.15, -0.1) is 0 Å². The first-order valence-corrected chi connectivity index (χ1v) is 8.95. The molecule has 0 fully saturated rings. The summed E-state index contributed by atoms with van der Waals surface area (Å²) in [6.45, 7) is 5.40. The number of guanidine groups is 1. The van der Waals surface area contributed by atoms with Crippen molar-refractivity contribution in [1.29, 1.82) is 0 Å². The number of aliphatic imine (C=N–C) groups is 1. The second kappa shape index (κ2) is 10.3. The molecule has 144 valence electrons. The molecule has 0 bridgehead atoms. The highest BCUT2D eigenvalue weighted by Gasteiger charge is 2.08. The predicted molar refractivity (Wildman–Crippen MR) is 106 cm³/mol. The Labute approximate surface area is 159 Å². The molecular formula is C20H26FN5O. The lowest BCUT2D eigenvalue weighted by atomic mass is 10.2. The SMILES string of the molecule is CCNC(=NCCC(=O)Nc1cccc(C)n1)N(C)Cc1cccc(F)c1. The van der Waals surface area contributed by atoms with E-state index in [2.05, 4.69) is 20.6 Å². The molecule has 0 aliphatic carbocycles. The Morgan fingerprint density at radius 1 is 1.26 bits per heavy atom. The lowest BCUT2D eigenvalue weighted by Gasteiger charge is -2.22. The van der Waals surface area contributed by atoms with Gasteiger partial charge in [-0.2, -0.15) is 0 Å². The van der Waals surface area contributed by atoms with Gasteiger partial charge in [0.15, 0.2) is 5.96 Å². The fourth-order valence-corrected chi connectivity index (χ4v) is 2.54. The molecule has 2 aromatic rings. The van der Waals surface area contributed by atoms with Crippen molar-refractivity contribution in [2.75, 3.05) is 25.5 Å². The van der Waals surface area contributed by atoms with Crippen LogP contribution in [0, 0.1) is 12.7 Å². The summed E-state index contributed by atoms with van der Waals surface area (Å²) in [6.07, 6.45) is 0.248. The van der Waals surface area contributed by atoms with E-state index in [1.165, 1.54) is 12.1 Å². The number of nitrogens with zero attached hydrogens (tertiary/aromatic N) is 3. The van der Waals surface area contributed by atoms with Crippen LogP contribution in [0.1, 0.15) is 24.6 Å². The van der Waals surface area contributed by atoms with E-state index in [9.17, 15) is 9.18 Å². The van der Waals surface area contributed by atoms with Crippen molar-refractivity contribution in [2.24, 2.45) is 4.99 Å². The molecule has 6 nitrogen and oxygen atoms in total. The third-order valence-electron chi connectivity index (χ3n) is 3.76. The van der Waals surface area contributed by atoms with Crippen molar-refractivity contribution in [2.45, 2.75) is 26.8 Å². The van der Waals surface area contributed by atoms with Crippen molar-refractivity contribution >= 4 is 17.7 Å². The van der Waals surface area contributed by atoms with E-state index in [1.807, 2.05) is 44.0 Å². The largest absolute Gasteiger partial charge is 0.357 e. The molecule has 7 heteroatoms. The minimum Gasteiger partial charge on any atom is -0.357 e. The highest BCUT2D eigenvalue weighted by Crippen LogP contribution is 2.07. The Morgan fingerprint density at radius 2 is 2.04 bits per heavy atom. The van der Waals surface area contributed by atoms with E-state index in [-0.39, 0.29) is 18.1 Å². The molecule has 2 N–H and O–H groups in total. The number of hydrogen-bond donors (Lipinski definition) is 2. The minimum atomic E-state index is -0.260. The zero-order chi connectivity index (χ0) is 19.6. The van der Waals surface area contributed by atoms with E-state index < -0.39 is 0 Å². The molecule has 2 rings (SSSR count). The molecule has 0 radical (unpaired) electrons. The van der Waals surface area contributed by atoms with Crippen molar-refractivity contribution in [3.8, 4) is 0 Å². The van der Waals surface area contributed by atoms with Crippen molar-refractivity contribution in [3.63, 3.8) is 0 Å². The summed E-state index contributed by atoms with van der Waals surface area (Å²) in [5.74, 6) is 0.812. The third kappa shape index (κ3) is 7.05. The van der Waals surface area contributed by atoms with Gasteiger partial charge in [0.05, 0.1) is 6.54 Å². The molecule has 1 heterocycles. The van der Waals surface area contributed by atoms with Gasteiger partial charge in [0.1, 0.15) is 11.6 Å². The quantitative estimate of drug-likeness (QED) is 0.580. The van der Waals surface area contributed by atoms with Crippen LogP contribution in [-0.2, 0) is 11.3 Å². The van der Waals surface area contributed by atoms with Gasteiger partial charge in [-0.3, -0.25) is 9.79 Å². The van der Waals surface area contributed by atoms with Crippen LogP contribution < -0.4 is 10.6 Å². The Bertz CT molecular complexity index is 793. The number of aryl methyl sites for hydroxylation is 1. The predicted octanol–water partition coefficient (Wildman–Crippen LogP) is 2.96. The summed E-state index contributed by atoms with van der Waals surface area (Å²) >= 11 is 0. The Morgan fingerprint density at radius 3 is 2.74 bits per heavy atom. The van der Waals surface area contributed by atoms with Crippen LogP contribution in [0.15, 0.2) is 47.5 Å². The fraction of sp³-hybridized carbons (Fsp3) is 0.350. The zero-order valence-corrected chi connectivity index (χ0v) is 16.0. The molecule has 27 heavy (non-hydrogen) atoms. The zero-order valence-electron chi connectivity index (χ0n) is 16.0. The number of benzene rings is 1. The number of aromatic nitrogens is 1. The average Bonchev–Trinajstić information content (AvgIpc) is 2.61. The maximum Gasteiger partial charge on any atom is 0.227 e. The van der Waals surface area contributed by atoms with Crippen LogP contribution in [0.5, 0.6) is 0 Å². The van der Waals surface area contributed by atoms with E-state index in [1.54, 1.807) is 12.1 Å². The summed E-state index contributed by atoms with van der Waals surface area (Å²) < 4.78 is 13.3. The van der Waals surface area contributed by atoms with Gasteiger partial charge in [-0.25, -0.2) is 9.37 Å². The van der Waals surface area contributed by atoms with Crippen LogP contribution in [-0.4, -0.2) is 41.9 Å². The first kappa shape index (κ1) is 20.4. The maximum absolute atomic E-state index is 13.3. The molecular weight excluding hydrogens is 345 g/mol. The van der Waals surface area contributed by atoms with E-state index >= 15 is 0 Å². The summed E-state index contributed by atoms with van der Waals surface area (Å²) in [4.78, 5) is 22.7. The Hall–Kier alpha value is -2.96. The molecule has 0 aliphatic rings. The second-order valence-corrected chi connectivity index (χ2v) is 6.18. The fourth-order valence-electron chi connectivity index (χ4n) is 2.54. The Balaban J connectivity index is 1.90. The molecule has 1 aromatic carbocycles.